The first-order valence-corrected chi connectivity index (χ1v) is 32.4. The number of benzene rings is 5. The first-order chi connectivity index (χ1) is 43.2. The van der Waals surface area contributed by atoms with E-state index in [1.54, 1.807) is 75.0 Å². The third-order valence-electron chi connectivity index (χ3n) is 18.6. The Morgan fingerprint density at radius 1 is 0.843 bits per heavy atom. The summed E-state index contributed by atoms with van der Waals surface area (Å²) in [4.78, 5) is 38.8. The van der Waals surface area contributed by atoms with Crippen LogP contribution in [0.5, 0.6) is 34.6 Å². The number of likely N-dealkylation sites (tertiary alicyclic amines) is 1. The van der Waals surface area contributed by atoms with Gasteiger partial charge in [-0.3, -0.25) is 15.0 Å². The summed E-state index contributed by atoms with van der Waals surface area (Å²) >= 11 is 0. The van der Waals surface area contributed by atoms with Gasteiger partial charge in [-0.05, 0) is 145 Å². The molecule has 3 aliphatic heterocycles. The number of fused-ring (bicyclic) bond motifs is 1. The number of nitro benzene ring substituents is 1. The molecule has 89 heavy (non-hydrogen) atoms. The van der Waals surface area contributed by atoms with Crippen LogP contribution in [-0.4, -0.2) is 131 Å². The molecule has 5 fully saturated rings. The highest BCUT2D eigenvalue weighted by Crippen LogP contribution is 2.55. The van der Waals surface area contributed by atoms with Crippen molar-refractivity contribution in [3.05, 3.63) is 159 Å². The smallest absolute Gasteiger partial charge is 0.341 e. The molecule has 7 aromatic rings. The molecule has 3 saturated heterocycles. The van der Waals surface area contributed by atoms with Crippen molar-refractivity contribution in [3.63, 3.8) is 0 Å². The van der Waals surface area contributed by atoms with Crippen LogP contribution in [-0.2, 0) is 37.3 Å². The zero-order valence-electron chi connectivity index (χ0n) is 51.2. The van der Waals surface area contributed by atoms with Gasteiger partial charge in [0.1, 0.15) is 28.5 Å². The number of anilines is 2. The molecule has 2 aromatic heterocycles. The number of piperidine rings is 1. The Bertz CT molecular complexity index is 3700. The largest absolute Gasteiger partial charge is 0.497 e. The lowest BCUT2D eigenvalue weighted by Crippen LogP contribution is -2.54. The number of H-pyrrole nitrogens is 1. The second-order valence-electron chi connectivity index (χ2n) is 24.6. The third kappa shape index (κ3) is 13.6. The van der Waals surface area contributed by atoms with Gasteiger partial charge in [-0.2, -0.15) is 9.29 Å². The lowest BCUT2D eigenvalue weighted by Gasteiger charge is -2.56. The Hall–Kier alpha value is -7.95. The van der Waals surface area contributed by atoms with E-state index >= 15 is 8.42 Å². The molecule has 2 saturated carbocycles. The van der Waals surface area contributed by atoms with Crippen molar-refractivity contribution in [2.24, 2.45) is 17.3 Å². The van der Waals surface area contributed by atoms with E-state index in [0.29, 0.717) is 82.8 Å². The number of ether oxygens (including phenoxy) is 8. The van der Waals surface area contributed by atoms with Crippen molar-refractivity contribution < 1.29 is 56.0 Å². The van der Waals surface area contributed by atoms with E-state index in [0.717, 1.165) is 49.6 Å². The van der Waals surface area contributed by atoms with E-state index in [2.05, 4.69) is 58.2 Å². The number of carbonyl (C=O) groups excluding carboxylic acids is 1. The standard InChI is InChI=1S/C68H79N7O13S/c1-44(2)56-9-6-7-10-57(56)59-11-8-26-74(59)51-36-68(37-51)23-27-72(28-24-68)50-16-21-58(67(76)83-5)61(33-50)88-63-32-47-22-25-69-65(47)71-66(63)87-42-49-31-48(49)41-86-62-35-55(34-60(75(77)78)64(62)70-38-54-43-84-29-30-85-54)89(79,80)73(39-45-12-17-52(81-3)18-13-45)40-46-14-19-53(82-4)20-15-46/h6-7,9-10,12-22,25,32-35,44,48-49,51,54,59,70H,8,11,23-24,26-31,36-43H2,1-5H3,(H,69,71)/t48-,49-,54+,59+/m1/s1. The first kappa shape index (κ1) is 61.3. The molecule has 2 N–H and O–H groups in total. The number of aromatic amines is 1. The average molecular weight is 1230 g/mol. The number of sulfonamides is 1. The van der Waals surface area contributed by atoms with Crippen LogP contribution in [0, 0.1) is 27.4 Å². The molecular weight excluding hydrogens is 1150 g/mol. The van der Waals surface area contributed by atoms with Crippen molar-refractivity contribution in [2.75, 3.05) is 90.8 Å². The summed E-state index contributed by atoms with van der Waals surface area (Å²) in [7, 11) is -0.0116. The molecule has 2 aliphatic carbocycles. The summed E-state index contributed by atoms with van der Waals surface area (Å²) in [6.45, 7) is 8.90. The highest BCUT2D eigenvalue weighted by molar-refractivity contribution is 7.89. The van der Waals surface area contributed by atoms with Gasteiger partial charge >= 0.3 is 5.97 Å². The molecule has 0 unspecified atom stereocenters. The minimum absolute atomic E-state index is 0.0104. The highest BCUT2D eigenvalue weighted by atomic mass is 32.2. The molecule has 21 heteroatoms. The number of nitro groups is 1. The fraction of sp³-hybridized carbons (Fsp3) is 0.441. The lowest BCUT2D eigenvalue weighted by molar-refractivity contribution is -0.384. The van der Waals surface area contributed by atoms with Gasteiger partial charge < -0.3 is 53.1 Å². The average Bonchev–Trinajstić information content (AvgIpc) is 2.10. The predicted octanol–water partition coefficient (Wildman–Crippen LogP) is 12.1. The van der Waals surface area contributed by atoms with Gasteiger partial charge in [-0.15, -0.1) is 0 Å². The van der Waals surface area contributed by atoms with Crippen LogP contribution in [0.25, 0.3) is 11.0 Å². The van der Waals surface area contributed by atoms with E-state index in [1.807, 2.05) is 24.3 Å². The molecule has 0 amide bonds. The number of pyridine rings is 1. The van der Waals surface area contributed by atoms with Crippen molar-refractivity contribution in [1.82, 2.24) is 19.2 Å². The lowest BCUT2D eigenvalue weighted by atomic mass is 9.59. The second kappa shape index (κ2) is 26.6. The molecule has 20 nitrogen and oxygen atoms in total. The molecule has 1 spiro atoms. The summed E-state index contributed by atoms with van der Waals surface area (Å²) in [6, 6.07) is 36.0. The van der Waals surface area contributed by atoms with E-state index in [9.17, 15) is 14.9 Å². The molecule has 5 aliphatic rings. The van der Waals surface area contributed by atoms with Crippen molar-refractivity contribution in [1.29, 1.82) is 0 Å². The molecule has 0 bridgehead atoms. The predicted molar refractivity (Wildman–Crippen MR) is 337 cm³/mol. The maximum Gasteiger partial charge on any atom is 0.341 e. The van der Waals surface area contributed by atoms with Gasteiger partial charge in [-0.25, -0.2) is 13.2 Å². The number of esters is 1. The topological polar surface area (TPSA) is 219 Å². The molecule has 4 atom stereocenters. The minimum Gasteiger partial charge on any atom is -0.497 e. The number of rotatable bonds is 25. The van der Waals surface area contributed by atoms with Gasteiger partial charge in [0.25, 0.3) is 11.6 Å². The summed E-state index contributed by atoms with van der Waals surface area (Å²) < 4.78 is 78.6. The fourth-order valence-corrected chi connectivity index (χ4v) is 14.9. The monoisotopic (exact) mass is 1230 g/mol. The molecule has 0 radical (unpaired) electrons. The van der Waals surface area contributed by atoms with Crippen molar-refractivity contribution in [2.45, 2.75) is 101 Å². The highest BCUT2D eigenvalue weighted by Gasteiger charge is 2.50. The van der Waals surface area contributed by atoms with Crippen LogP contribution in [0.4, 0.5) is 17.1 Å². The zero-order valence-corrected chi connectivity index (χ0v) is 52.0. The van der Waals surface area contributed by atoms with Gasteiger partial charge in [0.15, 0.2) is 17.2 Å². The number of nitrogens with zero attached hydrogens (tertiary/aromatic N) is 5. The Labute approximate surface area is 519 Å². The number of hydrogen-bond donors (Lipinski definition) is 2. The van der Waals surface area contributed by atoms with Gasteiger partial charge in [-0.1, -0.05) is 62.4 Å². The normalized spacial score (nSPS) is 20.1. The van der Waals surface area contributed by atoms with Crippen LogP contribution in [0.15, 0.2) is 126 Å². The maximum atomic E-state index is 15.0. The van der Waals surface area contributed by atoms with Crippen molar-refractivity contribution >= 4 is 44.1 Å². The quantitative estimate of drug-likeness (QED) is 0.0309. The SMILES string of the molecule is COC(=O)c1ccc(N2CCC3(CC2)CC(N2CCC[C@H]2c2ccccc2C(C)C)C3)cc1Oc1cc2cc[nH]c2nc1OC[C@H]1C[C@@H]1COc1cc(S(=O)(=O)N(Cc2ccc(OC)cc2)Cc2ccc(OC)cc2)cc([N+](=O)[O-])c1NC[C@H]1COCCO1. The Balaban J connectivity index is 0.743. The van der Waals surface area contributed by atoms with E-state index in [4.69, 9.17) is 42.9 Å². The molecule has 470 valence electrons. The number of methoxy groups -OCH3 is 3. The summed E-state index contributed by atoms with van der Waals surface area (Å²) in [6.07, 6.45) is 9.11. The molecule has 12 rings (SSSR count). The van der Waals surface area contributed by atoms with Crippen LogP contribution >= 0.6 is 0 Å². The zero-order chi connectivity index (χ0) is 61.8. The molecule has 5 aromatic carbocycles. The Kier molecular flexibility index (Phi) is 18.3. The van der Waals surface area contributed by atoms with E-state index in [1.165, 1.54) is 54.3 Å². The molecule has 5 heterocycles. The second-order valence-corrected chi connectivity index (χ2v) is 26.5. The first-order valence-electron chi connectivity index (χ1n) is 30.9. The summed E-state index contributed by atoms with van der Waals surface area (Å²) in [5.41, 5.74) is 5.97. The Morgan fingerprint density at radius 2 is 1.55 bits per heavy atom. The Morgan fingerprint density at radius 3 is 2.21 bits per heavy atom. The van der Waals surface area contributed by atoms with Gasteiger partial charge in [0, 0.05) is 80.3 Å². The summed E-state index contributed by atoms with van der Waals surface area (Å²) in [5, 5.41) is 17.0. The van der Waals surface area contributed by atoms with Gasteiger partial charge in [0.2, 0.25) is 10.0 Å². The van der Waals surface area contributed by atoms with Gasteiger partial charge in [0.05, 0.1) is 70.3 Å². The van der Waals surface area contributed by atoms with Crippen LogP contribution in [0.1, 0.15) is 103 Å². The summed E-state index contributed by atoms with van der Waals surface area (Å²) in [5.74, 6) is 1.86. The number of nitrogens with one attached hydrogen (secondary N) is 2. The van der Waals surface area contributed by atoms with Crippen LogP contribution in [0.3, 0.4) is 0 Å². The third-order valence-corrected chi connectivity index (χ3v) is 20.4. The minimum atomic E-state index is -4.46. The van der Waals surface area contributed by atoms with Crippen LogP contribution in [0.2, 0.25) is 0 Å². The fourth-order valence-electron chi connectivity index (χ4n) is 13.4. The van der Waals surface area contributed by atoms with Crippen molar-refractivity contribution in [3.8, 4) is 34.6 Å². The maximum absolute atomic E-state index is 15.0. The number of hydrogen-bond acceptors (Lipinski definition) is 17. The molecular formula is C68H79N7O13S. The van der Waals surface area contributed by atoms with Crippen LogP contribution < -0.4 is 33.9 Å². The van der Waals surface area contributed by atoms with E-state index < -0.39 is 32.7 Å². The van der Waals surface area contributed by atoms with E-state index in [-0.39, 0.29) is 79.1 Å². The number of aromatic nitrogens is 2. The number of carbonyl (C=O) groups is 1.